The standard InChI is InChI=1S/C10H15NO3/c1-5(12)10(2,3)11-8(13)6-4-7(6)9(11)14/h5-7,12H,4H2,1-3H3. The number of nitrogens with zero attached hydrogens (tertiary/aromatic N) is 1. The number of aliphatic hydroxyl groups excluding tert-OH is 1. The lowest BCUT2D eigenvalue weighted by Gasteiger charge is -2.37. The van der Waals surface area contributed by atoms with Crippen molar-refractivity contribution in [2.24, 2.45) is 11.8 Å². The fraction of sp³-hybridized carbons (Fsp3) is 0.800. The maximum absolute atomic E-state index is 11.7. The first-order chi connectivity index (χ1) is 6.37. The van der Waals surface area contributed by atoms with E-state index >= 15 is 0 Å². The maximum atomic E-state index is 11.7. The molecule has 14 heavy (non-hydrogen) atoms. The predicted octanol–water partition coefficient (Wildman–Crippen LogP) is 0.151. The summed E-state index contributed by atoms with van der Waals surface area (Å²) in [6, 6.07) is 0. The van der Waals surface area contributed by atoms with Crippen molar-refractivity contribution in [3.63, 3.8) is 0 Å². The van der Waals surface area contributed by atoms with Gasteiger partial charge in [-0.1, -0.05) is 0 Å². The van der Waals surface area contributed by atoms with Crippen molar-refractivity contribution in [3.05, 3.63) is 0 Å². The number of carbonyl (C=O) groups is 2. The lowest BCUT2D eigenvalue weighted by Crippen LogP contribution is -2.55. The molecule has 1 aliphatic heterocycles. The molecule has 1 saturated heterocycles. The second-order valence-electron chi connectivity index (χ2n) is 4.79. The van der Waals surface area contributed by atoms with Gasteiger partial charge in [-0.2, -0.15) is 0 Å². The van der Waals surface area contributed by atoms with Crippen molar-refractivity contribution < 1.29 is 14.7 Å². The first-order valence-electron chi connectivity index (χ1n) is 4.93. The first kappa shape index (κ1) is 9.65. The molecule has 78 valence electrons. The van der Waals surface area contributed by atoms with Crippen LogP contribution in [0.5, 0.6) is 0 Å². The fourth-order valence-corrected chi connectivity index (χ4v) is 1.94. The molecule has 1 heterocycles. The summed E-state index contributed by atoms with van der Waals surface area (Å²) in [5.74, 6) is -0.377. The topological polar surface area (TPSA) is 57.6 Å². The zero-order valence-corrected chi connectivity index (χ0v) is 8.65. The quantitative estimate of drug-likeness (QED) is 0.641. The van der Waals surface area contributed by atoms with Gasteiger partial charge in [0.25, 0.3) is 0 Å². The van der Waals surface area contributed by atoms with Crippen LogP contribution in [0.3, 0.4) is 0 Å². The third-order valence-corrected chi connectivity index (χ3v) is 3.46. The van der Waals surface area contributed by atoms with E-state index in [-0.39, 0.29) is 23.7 Å². The third kappa shape index (κ3) is 1.03. The number of amides is 2. The van der Waals surface area contributed by atoms with Crippen LogP contribution in [0.1, 0.15) is 27.2 Å². The van der Waals surface area contributed by atoms with Crippen molar-refractivity contribution in [2.45, 2.75) is 38.8 Å². The Balaban J connectivity index is 2.27. The molecule has 0 radical (unpaired) electrons. The summed E-state index contributed by atoms with van der Waals surface area (Å²) >= 11 is 0. The molecule has 0 spiro atoms. The van der Waals surface area contributed by atoms with Gasteiger partial charge in [-0.3, -0.25) is 14.5 Å². The Bertz CT molecular complexity index is 288. The highest BCUT2D eigenvalue weighted by Crippen LogP contribution is 2.49. The number of carbonyl (C=O) groups excluding carboxylic acids is 2. The Morgan fingerprint density at radius 3 is 2.14 bits per heavy atom. The zero-order chi connectivity index (χ0) is 10.7. The summed E-state index contributed by atoms with van der Waals surface area (Å²) < 4.78 is 0. The Kier molecular flexibility index (Phi) is 1.77. The third-order valence-electron chi connectivity index (χ3n) is 3.46. The molecule has 0 aromatic heterocycles. The lowest BCUT2D eigenvalue weighted by molar-refractivity contribution is -0.152. The van der Waals surface area contributed by atoms with Gasteiger partial charge in [-0.05, 0) is 27.2 Å². The molecular formula is C10H15NO3. The summed E-state index contributed by atoms with van der Waals surface area (Å²) in [6.07, 6.45) is 0.0113. The van der Waals surface area contributed by atoms with Crippen LogP contribution in [0.15, 0.2) is 0 Å². The first-order valence-corrected chi connectivity index (χ1v) is 4.93. The normalized spacial score (nSPS) is 33.3. The van der Waals surface area contributed by atoms with Crippen LogP contribution in [0.4, 0.5) is 0 Å². The van der Waals surface area contributed by atoms with Crippen LogP contribution in [0.2, 0.25) is 0 Å². The molecule has 0 aromatic carbocycles. The number of fused-ring (bicyclic) bond motifs is 1. The van der Waals surface area contributed by atoms with Gasteiger partial charge in [-0.15, -0.1) is 0 Å². The van der Waals surface area contributed by atoms with Gasteiger partial charge in [0.1, 0.15) is 0 Å². The highest BCUT2D eigenvalue weighted by Gasteiger charge is 2.62. The molecule has 0 aromatic rings. The fourth-order valence-electron chi connectivity index (χ4n) is 1.94. The average Bonchev–Trinajstić information content (AvgIpc) is 2.77. The van der Waals surface area contributed by atoms with Gasteiger partial charge in [0.15, 0.2) is 0 Å². The number of hydrogen-bond acceptors (Lipinski definition) is 3. The molecule has 0 bridgehead atoms. The highest BCUT2D eigenvalue weighted by molar-refractivity contribution is 6.09. The van der Waals surface area contributed by atoms with Crippen molar-refractivity contribution in [1.29, 1.82) is 0 Å². The summed E-state index contributed by atoms with van der Waals surface area (Å²) in [7, 11) is 0. The average molecular weight is 197 g/mol. The van der Waals surface area contributed by atoms with Gasteiger partial charge in [0.2, 0.25) is 11.8 Å². The Hall–Kier alpha value is -0.900. The number of piperidine rings is 1. The molecule has 1 N–H and O–H groups in total. The lowest BCUT2D eigenvalue weighted by atomic mass is 9.96. The molecule has 2 amide bonds. The van der Waals surface area contributed by atoms with Gasteiger partial charge >= 0.3 is 0 Å². The van der Waals surface area contributed by atoms with Crippen LogP contribution < -0.4 is 0 Å². The molecule has 2 aliphatic rings. The minimum atomic E-state index is -0.776. The summed E-state index contributed by atoms with van der Waals surface area (Å²) in [6.45, 7) is 5.04. The maximum Gasteiger partial charge on any atom is 0.233 e. The van der Waals surface area contributed by atoms with Crippen molar-refractivity contribution in [2.75, 3.05) is 0 Å². The second-order valence-corrected chi connectivity index (χ2v) is 4.79. The summed E-state index contributed by atoms with van der Waals surface area (Å²) in [4.78, 5) is 24.7. The Morgan fingerprint density at radius 2 is 1.79 bits per heavy atom. The number of hydrogen-bond donors (Lipinski definition) is 1. The van der Waals surface area contributed by atoms with E-state index in [0.29, 0.717) is 6.42 Å². The molecule has 4 nitrogen and oxygen atoms in total. The number of imide groups is 1. The number of aliphatic hydroxyl groups is 1. The van der Waals surface area contributed by atoms with E-state index in [9.17, 15) is 14.7 Å². The highest BCUT2D eigenvalue weighted by atomic mass is 16.3. The molecule has 1 aliphatic carbocycles. The molecule has 3 unspecified atom stereocenters. The van der Waals surface area contributed by atoms with Gasteiger partial charge < -0.3 is 5.11 Å². The van der Waals surface area contributed by atoms with E-state index in [1.54, 1.807) is 20.8 Å². The monoisotopic (exact) mass is 197 g/mol. The largest absolute Gasteiger partial charge is 0.391 e. The van der Waals surface area contributed by atoms with E-state index in [2.05, 4.69) is 0 Å². The van der Waals surface area contributed by atoms with E-state index in [4.69, 9.17) is 0 Å². The van der Waals surface area contributed by atoms with E-state index in [1.807, 2.05) is 0 Å². The van der Waals surface area contributed by atoms with Crippen LogP contribution in [0.25, 0.3) is 0 Å². The van der Waals surface area contributed by atoms with Gasteiger partial charge in [0.05, 0.1) is 23.5 Å². The SMILES string of the molecule is CC(O)C(C)(C)N1C(=O)C2CC2C1=O. The molecule has 2 rings (SSSR count). The minimum absolute atomic E-state index is 0.0828. The number of likely N-dealkylation sites (tertiary alicyclic amines) is 1. The minimum Gasteiger partial charge on any atom is -0.391 e. The van der Waals surface area contributed by atoms with Crippen molar-refractivity contribution in [3.8, 4) is 0 Å². The van der Waals surface area contributed by atoms with E-state index < -0.39 is 11.6 Å². The number of rotatable bonds is 2. The summed E-state index contributed by atoms with van der Waals surface area (Å²) in [5, 5.41) is 9.53. The van der Waals surface area contributed by atoms with Crippen LogP contribution in [-0.2, 0) is 9.59 Å². The second kappa shape index (κ2) is 2.57. The van der Waals surface area contributed by atoms with Crippen molar-refractivity contribution in [1.82, 2.24) is 4.90 Å². The smallest absolute Gasteiger partial charge is 0.233 e. The molecule has 4 heteroatoms. The van der Waals surface area contributed by atoms with Crippen LogP contribution in [0, 0.1) is 11.8 Å². The summed E-state index contributed by atoms with van der Waals surface area (Å²) in [5.41, 5.74) is -0.776. The van der Waals surface area contributed by atoms with E-state index in [1.165, 1.54) is 4.90 Å². The molecule has 2 fully saturated rings. The van der Waals surface area contributed by atoms with Gasteiger partial charge in [0, 0.05) is 0 Å². The Labute approximate surface area is 82.9 Å². The van der Waals surface area contributed by atoms with Crippen molar-refractivity contribution >= 4 is 11.8 Å². The van der Waals surface area contributed by atoms with Crippen LogP contribution >= 0.6 is 0 Å². The zero-order valence-electron chi connectivity index (χ0n) is 8.65. The predicted molar refractivity (Wildman–Crippen MR) is 49.2 cm³/mol. The van der Waals surface area contributed by atoms with Gasteiger partial charge in [-0.25, -0.2) is 0 Å². The Morgan fingerprint density at radius 1 is 1.36 bits per heavy atom. The molecule has 3 atom stereocenters. The molecule has 1 saturated carbocycles. The molecular weight excluding hydrogens is 182 g/mol. The van der Waals surface area contributed by atoms with Crippen LogP contribution in [-0.4, -0.2) is 33.5 Å². The van der Waals surface area contributed by atoms with E-state index in [0.717, 1.165) is 0 Å².